The van der Waals surface area contributed by atoms with Gasteiger partial charge in [-0.2, -0.15) is 0 Å². The number of anilines is 1. The van der Waals surface area contributed by atoms with Gasteiger partial charge in [-0.05, 0) is 92.4 Å². The third-order valence-electron chi connectivity index (χ3n) is 5.56. The van der Waals surface area contributed by atoms with E-state index in [1.54, 1.807) is 24.5 Å². The number of carbonyl (C=O) groups is 1. The second-order valence-electron chi connectivity index (χ2n) is 9.41. The van der Waals surface area contributed by atoms with Crippen molar-refractivity contribution >= 4 is 34.3 Å². The standard InChI is InChI=1S/C28H28ClN3O3/c1-17-15-22-21(9-10-23(32-22)31-16-18-11-13-30-14-12-18)25(19-5-7-20(29)8-6-19)24(17)26(27(33)34)35-28(2,3)4/h5-15,26H,16H2,1-4H3,(H,31,32)(H,33,34)/t26-/m0/s1. The number of ether oxygens (including phenoxy) is 1. The maximum atomic E-state index is 12.4. The van der Waals surface area contributed by atoms with Crippen LogP contribution in [-0.4, -0.2) is 26.6 Å². The van der Waals surface area contributed by atoms with E-state index >= 15 is 0 Å². The van der Waals surface area contributed by atoms with E-state index in [-0.39, 0.29) is 0 Å². The summed E-state index contributed by atoms with van der Waals surface area (Å²) in [4.78, 5) is 21.3. The molecule has 0 aliphatic rings. The minimum atomic E-state index is -1.14. The lowest BCUT2D eigenvalue weighted by atomic mass is 9.88. The number of benzene rings is 2. The Labute approximate surface area is 210 Å². The molecule has 0 bridgehead atoms. The van der Waals surface area contributed by atoms with Crippen LogP contribution in [0.4, 0.5) is 5.82 Å². The van der Waals surface area contributed by atoms with Crippen LogP contribution in [0.15, 0.2) is 67.0 Å². The topological polar surface area (TPSA) is 84.3 Å². The second kappa shape index (κ2) is 10.0. The van der Waals surface area contributed by atoms with Gasteiger partial charge < -0.3 is 15.2 Å². The van der Waals surface area contributed by atoms with E-state index < -0.39 is 17.7 Å². The molecule has 35 heavy (non-hydrogen) atoms. The van der Waals surface area contributed by atoms with Crippen LogP contribution in [-0.2, 0) is 16.1 Å². The zero-order valence-electron chi connectivity index (χ0n) is 20.2. The zero-order valence-corrected chi connectivity index (χ0v) is 20.9. The van der Waals surface area contributed by atoms with Crippen molar-refractivity contribution in [2.45, 2.75) is 45.9 Å². The lowest BCUT2D eigenvalue weighted by Gasteiger charge is -2.28. The summed E-state index contributed by atoms with van der Waals surface area (Å²) < 4.78 is 6.05. The molecule has 0 saturated carbocycles. The number of hydrogen-bond donors (Lipinski definition) is 2. The molecule has 0 saturated heterocycles. The van der Waals surface area contributed by atoms with Crippen LogP contribution in [0.1, 0.15) is 43.6 Å². The highest BCUT2D eigenvalue weighted by atomic mass is 35.5. The molecule has 2 aromatic carbocycles. The molecule has 2 aromatic heterocycles. The van der Waals surface area contributed by atoms with Crippen molar-refractivity contribution in [1.82, 2.24) is 9.97 Å². The molecule has 6 nitrogen and oxygen atoms in total. The van der Waals surface area contributed by atoms with Crippen LogP contribution >= 0.6 is 11.6 Å². The summed E-state index contributed by atoms with van der Waals surface area (Å²) in [7, 11) is 0. The lowest BCUT2D eigenvalue weighted by Crippen LogP contribution is -2.28. The number of pyridine rings is 2. The molecule has 0 radical (unpaired) electrons. The fourth-order valence-electron chi connectivity index (χ4n) is 4.06. The molecular formula is C28H28ClN3O3. The van der Waals surface area contributed by atoms with E-state index in [9.17, 15) is 9.90 Å². The highest BCUT2D eigenvalue weighted by Crippen LogP contribution is 2.40. The van der Waals surface area contributed by atoms with E-state index in [4.69, 9.17) is 21.3 Å². The largest absolute Gasteiger partial charge is 0.479 e. The molecule has 0 amide bonds. The van der Waals surface area contributed by atoms with Crippen molar-refractivity contribution in [3.8, 4) is 11.1 Å². The molecule has 0 aliphatic heterocycles. The van der Waals surface area contributed by atoms with Gasteiger partial charge in [0.2, 0.25) is 0 Å². The number of aromatic nitrogens is 2. The highest BCUT2D eigenvalue weighted by molar-refractivity contribution is 6.30. The molecule has 0 spiro atoms. The molecule has 0 aliphatic carbocycles. The average Bonchev–Trinajstić information content (AvgIpc) is 2.81. The monoisotopic (exact) mass is 489 g/mol. The Morgan fingerprint density at radius 2 is 1.77 bits per heavy atom. The van der Waals surface area contributed by atoms with Crippen molar-refractivity contribution < 1.29 is 14.6 Å². The van der Waals surface area contributed by atoms with E-state index in [0.29, 0.717) is 17.1 Å². The highest BCUT2D eigenvalue weighted by Gasteiger charge is 2.31. The summed E-state index contributed by atoms with van der Waals surface area (Å²) in [6, 6.07) is 17.1. The number of nitrogens with zero attached hydrogens (tertiary/aromatic N) is 2. The third kappa shape index (κ3) is 5.78. The van der Waals surface area contributed by atoms with Crippen LogP contribution in [0, 0.1) is 6.92 Å². The molecule has 4 rings (SSSR count). The van der Waals surface area contributed by atoms with Crippen molar-refractivity contribution in [3.63, 3.8) is 0 Å². The summed E-state index contributed by atoms with van der Waals surface area (Å²) in [5, 5.41) is 14.9. The summed E-state index contributed by atoms with van der Waals surface area (Å²) in [5.74, 6) is -0.314. The van der Waals surface area contributed by atoms with E-state index in [0.717, 1.165) is 39.0 Å². The minimum Gasteiger partial charge on any atom is -0.479 e. The predicted octanol–water partition coefficient (Wildman–Crippen LogP) is 6.81. The lowest BCUT2D eigenvalue weighted by molar-refractivity contribution is -0.160. The Morgan fingerprint density at radius 3 is 2.40 bits per heavy atom. The molecule has 1 atom stereocenters. The maximum absolute atomic E-state index is 12.4. The smallest absolute Gasteiger partial charge is 0.337 e. The normalized spacial score (nSPS) is 12.5. The van der Waals surface area contributed by atoms with Crippen molar-refractivity contribution in [2.24, 2.45) is 0 Å². The molecular weight excluding hydrogens is 462 g/mol. The molecule has 4 aromatic rings. The number of rotatable bonds is 7. The van der Waals surface area contributed by atoms with Crippen LogP contribution in [0.25, 0.3) is 22.0 Å². The van der Waals surface area contributed by atoms with Crippen molar-refractivity contribution in [3.05, 3.63) is 88.7 Å². The number of carboxylic acids is 1. The summed E-state index contributed by atoms with van der Waals surface area (Å²) in [6.07, 6.45) is 2.37. The summed E-state index contributed by atoms with van der Waals surface area (Å²) >= 11 is 6.15. The predicted molar refractivity (Wildman–Crippen MR) is 140 cm³/mol. The quantitative estimate of drug-likeness (QED) is 0.296. The van der Waals surface area contributed by atoms with Crippen LogP contribution in [0.5, 0.6) is 0 Å². The number of carboxylic acid groups (broad SMARTS) is 1. The first-order valence-electron chi connectivity index (χ1n) is 11.4. The fourth-order valence-corrected chi connectivity index (χ4v) is 4.19. The van der Waals surface area contributed by atoms with E-state index in [2.05, 4.69) is 10.3 Å². The molecule has 7 heteroatoms. The summed E-state index contributed by atoms with van der Waals surface area (Å²) in [6.45, 7) is 8.06. The van der Waals surface area contributed by atoms with Crippen LogP contribution in [0.3, 0.4) is 0 Å². The number of halogens is 1. The number of hydrogen-bond acceptors (Lipinski definition) is 5. The molecule has 0 fully saturated rings. The Morgan fingerprint density at radius 1 is 1.09 bits per heavy atom. The Kier molecular flexibility index (Phi) is 7.05. The van der Waals surface area contributed by atoms with Gasteiger partial charge in [-0.25, -0.2) is 9.78 Å². The van der Waals surface area contributed by atoms with Crippen molar-refractivity contribution in [1.29, 1.82) is 0 Å². The number of aryl methyl sites for hydroxylation is 1. The van der Waals surface area contributed by atoms with Crippen molar-refractivity contribution in [2.75, 3.05) is 5.32 Å². The van der Waals surface area contributed by atoms with Gasteiger partial charge in [0, 0.05) is 34.9 Å². The molecule has 2 heterocycles. The first-order valence-corrected chi connectivity index (χ1v) is 11.7. The number of fused-ring (bicyclic) bond motifs is 1. The first-order chi connectivity index (χ1) is 16.6. The van der Waals surface area contributed by atoms with Gasteiger partial charge in [-0.3, -0.25) is 4.98 Å². The third-order valence-corrected chi connectivity index (χ3v) is 5.81. The fraction of sp³-hybridized carbons (Fsp3) is 0.250. The number of aliphatic carboxylic acids is 1. The Hall–Kier alpha value is -3.48. The molecule has 0 unspecified atom stereocenters. The molecule has 180 valence electrons. The van der Waals surface area contributed by atoms with Gasteiger partial charge in [-0.15, -0.1) is 0 Å². The van der Waals surface area contributed by atoms with Crippen LogP contribution < -0.4 is 5.32 Å². The minimum absolute atomic E-state index is 0.605. The Bertz CT molecular complexity index is 1350. The SMILES string of the molecule is Cc1cc2nc(NCc3ccncc3)ccc2c(-c2ccc(Cl)cc2)c1[C@H](OC(C)(C)C)C(=O)O. The summed E-state index contributed by atoms with van der Waals surface area (Å²) in [5.41, 5.74) is 4.23. The maximum Gasteiger partial charge on any atom is 0.337 e. The van der Waals surface area contributed by atoms with E-state index in [1.165, 1.54) is 0 Å². The first kappa shape index (κ1) is 24.6. The van der Waals surface area contributed by atoms with Gasteiger partial charge in [0.1, 0.15) is 5.82 Å². The van der Waals surface area contributed by atoms with Crippen LogP contribution in [0.2, 0.25) is 5.02 Å². The molecule has 2 N–H and O–H groups in total. The van der Waals surface area contributed by atoms with Gasteiger partial charge in [0.15, 0.2) is 6.10 Å². The zero-order chi connectivity index (χ0) is 25.2. The Balaban J connectivity index is 1.87. The van der Waals surface area contributed by atoms with Gasteiger partial charge >= 0.3 is 5.97 Å². The average molecular weight is 490 g/mol. The van der Waals surface area contributed by atoms with Gasteiger partial charge in [-0.1, -0.05) is 23.7 Å². The van der Waals surface area contributed by atoms with Gasteiger partial charge in [0.25, 0.3) is 0 Å². The number of nitrogens with one attached hydrogen (secondary N) is 1. The van der Waals surface area contributed by atoms with E-state index in [1.807, 2.05) is 70.2 Å². The van der Waals surface area contributed by atoms with Gasteiger partial charge in [0.05, 0.1) is 11.1 Å². The second-order valence-corrected chi connectivity index (χ2v) is 9.85.